The van der Waals surface area contributed by atoms with Gasteiger partial charge in [0, 0.05) is 24.6 Å². The van der Waals surface area contributed by atoms with Gasteiger partial charge in [-0.3, -0.25) is 4.79 Å². The fraction of sp³-hybridized carbons (Fsp3) is 0.471. The average Bonchev–Trinajstić information content (AvgIpc) is 3.24. The van der Waals surface area contributed by atoms with Crippen LogP contribution in [0.3, 0.4) is 0 Å². The van der Waals surface area contributed by atoms with Gasteiger partial charge in [-0.15, -0.1) is 0 Å². The van der Waals surface area contributed by atoms with Crippen molar-refractivity contribution in [3.8, 4) is 11.8 Å². The predicted molar refractivity (Wildman–Crippen MR) is 79.5 cm³/mol. The number of carbonyl (C=O) groups is 1. The quantitative estimate of drug-likeness (QED) is 0.854. The van der Waals surface area contributed by atoms with Gasteiger partial charge in [0.15, 0.2) is 0 Å². The molecule has 3 heteroatoms. The summed E-state index contributed by atoms with van der Waals surface area (Å²) in [5.74, 6) is 5.99. The van der Waals surface area contributed by atoms with Crippen molar-refractivity contribution in [2.24, 2.45) is 0 Å². The molecule has 1 aliphatic rings. The van der Waals surface area contributed by atoms with Gasteiger partial charge in [-0.25, -0.2) is 0 Å². The van der Waals surface area contributed by atoms with Gasteiger partial charge in [0.2, 0.25) is 0 Å². The van der Waals surface area contributed by atoms with Crippen LogP contribution in [0.25, 0.3) is 0 Å². The van der Waals surface area contributed by atoms with Crippen molar-refractivity contribution in [1.29, 1.82) is 0 Å². The summed E-state index contributed by atoms with van der Waals surface area (Å²) in [5, 5.41) is 8.81. The maximum absolute atomic E-state index is 12.6. The molecule has 1 aromatic rings. The van der Waals surface area contributed by atoms with E-state index in [0.717, 1.165) is 30.5 Å². The molecule has 1 amide bonds. The maximum atomic E-state index is 12.6. The highest BCUT2D eigenvalue weighted by Crippen LogP contribution is 2.28. The summed E-state index contributed by atoms with van der Waals surface area (Å²) in [6, 6.07) is 6.17. The number of nitrogens with zero attached hydrogens (tertiary/aromatic N) is 1. The van der Waals surface area contributed by atoms with E-state index in [4.69, 9.17) is 5.11 Å². The minimum Gasteiger partial charge on any atom is -0.395 e. The summed E-state index contributed by atoms with van der Waals surface area (Å²) >= 11 is 0. The average molecular weight is 271 g/mol. The maximum Gasteiger partial charge on any atom is 0.255 e. The van der Waals surface area contributed by atoms with Crippen LogP contribution in [0, 0.1) is 18.8 Å². The van der Waals surface area contributed by atoms with Crippen LogP contribution in [0.15, 0.2) is 18.2 Å². The second-order valence-corrected chi connectivity index (χ2v) is 5.15. The Morgan fingerprint density at radius 1 is 1.45 bits per heavy atom. The van der Waals surface area contributed by atoms with Crippen LogP contribution in [-0.4, -0.2) is 35.1 Å². The lowest BCUT2D eigenvalue weighted by molar-refractivity contribution is 0.0752. The minimum absolute atomic E-state index is 0.0469. The first-order chi connectivity index (χ1) is 9.67. The molecule has 0 unspecified atom stereocenters. The third-order valence-electron chi connectivity index (χ3n) is 3.45. The summed E-state index contributed by atoms with van der Waals surface area (Å²) in [7, 11) is 0. The fourth-order valence-electron chi connectivity index (χ4n) is 2.27. The molecule has 1 aliphatic carbocycles. The third kappa shape index (κ3) is 3.40. The predicted octanol–water partition coefficient (Wildman–Crippen LogP) is 2.35. The molecule has 0 spiro atoms. The molecule has 0 heterocycles. The summed E-state index contributed by atoms with van der Waals surface area (Å²) in [4.78, 5) is 14.6. The van der Waals surface area contributed by atoms with E-state index in [2.05, 4.69) is 11.8 Å². The molecule has 2 rings (SSSR count). The zero-order valence-electron chi connectivity index (χ0n) is 12.1. The first-order valence-corrected chi connectivity index (χ1v) is 7.18. The Kier molecular flexibility index (Phi) is 4.81. The first kappa shape index (κ1) is 14.6. The molecule has 1 aromatic carbocycles. The molecule has 3 nitrogen and oxygen atoms in total. The fourth-order valence-corrected chi connectivity index (χ4v) is 2.27. The third-order valence-corrected chi connectivity index (χ3v) is 3.45. The first-order valence-electron chi connectivity index (χ1n) is 7.18. The normalized spacial score (nSPS) is 13.6. The van der Waals surface area contributed by atoms with Gasteiger partial charge in [-0.2, -0.15) is 0 Å². The van der Waals surface area contributed by atoms with Gasteiger partial charge in [0.05, 0.1) is 12.2 Å². The number of benzene rings is 1. The topological polar surface area (TPSA) is 40.5 Å². The second kappa shape index (κ2) is 6.58. The molecule has 0 radical (unpaired) electrons. The smallest absolute Gasteiger partial charge is 0.255 e. The van der Waals surface area contributed by atoms with E-state index in [0.29, 0.717) is 18.0 Å². The van der Waals surface area contributed by atoms with E-state index < -0.39 is 0 Å². The number of aliphatic hydroxyl groups is 1. The van der Waals surface area contributed by atoms with Crippen molar-refractivity contribution in [3.05, 3.63) is 34.9 Å². The standard InChI is InChI=1S/C17H21NO2/c1-3-18(15-8-9-15)17(20)16-10-7-13(2)12-14(16)6-4-5-11-19/h7,10,12,15,19H,3,5,8-9,11H2,1-2H3. The highest BCUT2D eigenvalue weighted by molar-refractivity contribution is 5.97. The highest BCUT2D eigenvalue weighted by atomic mass is 16.2. The van der Waals surface area contributed by atoms with Crippen molar-refractivity contribution in [3.63, 3.8) is 0 Å². The molecule has 0 saturated heterocycles. The largest absolute Gasteiger partial charge is 0.395 e. The van der Waals surface area contributed by atoms with E-state index in [-0.39, 0.29) is 12.5 Å². The van der Waals surface area contributed by atoms with Crippen LogP contribution in [0.4, 0.5) is 0 Å². The lowest BCUT2D eigenvalue weighted by Crippen LogP contribution is -2.33. The summed E-state index contributed by atoms with van der Waals surface area (Å²) in [6.45, 7) is 4.79. The molecule has 0 aromatic heterocycles. The van der Waals surface area contributed by atoms with Crippen LogP contribution in [0.2, 0.25) is 0 Å². The second-order valence-electron chi connectivity index (χ2n) is 5.15. The van der Waals surface area contributed by atoms with Gasteiger partial charge in [0.1, 0.15) is 0 Å². The SMILES string of the molecule is CCN(C(=O)c1ccc(C)cc1C#CCCO)C1CC1. The molecular formula is C17H21NO2. The van der Waals surface area contributed by atoms with Crippen LogP contribution < -0.4 is 0 Å². The van der Waals surface area contributed by atoms with Gasteiger partial charge >= 0.3 is 0 Å². The van der Waals surface area contributed by atoms with Gasteiger partial charge in [0.25, 0.3) is 5.91 Å². The Labute approximate surface area is 120 Å². The van der Waals surface area contributed by atoms with Crippen LogP contribution in [-0.2, 0) is 0 Å². The Balaban J connectivity index is 2.30. The van der Waals surface area contributed by atoms with Gasteiger partial charge in [-0.05, 0) is 44.4 Å². The molecule has 1 fully saturated rings. The summed E-state index contributed by atoms with van der Waals surface area (Å²) < 4.78 is 0. The van der Waals surface area contributed by atoms with Gasteiger partial charge < -0.3 is 10.0 Å². The monoisotopic (exact) mass is 271 g/mol. The van der Waals surface area contributed by atoms with Crippen molar-refractivity contribution in [1.82, 2.24) is 4.90 Å². The lowest BCUT2D eigenvalue weighted by Gasteiger charge is -2.21. The Bertz CT molecular complexity index is 550. The van der Waals surface area contributed by atoms with Crippen LogP contribution in [0.5, 0.6) is 0 Å². The Morgan fingerprint density at radius 3 is 2.80 bits per heavy atom. The van der Waals surface area contributed by atoms with Crippen LogP contribution >= 0.6 is 0 Å². The highest BCUT2D eigenvalue weighted by Gasteiger charge is 2.32. The number of amides is 1. The Morgan fingerprint density at radius 2 is 2.20 bits per heavy atom. The molecule has 1 N–H and O–H groups in total. The zero-order valence-corrected chi connectivity index (χ0v) is 12.1. The number of aliphatic hydroxyl groups excluding tert-OH is 1. The number of carbonyl (C=O) groups excluding carboxylic acids is 1. The molecule has 0 bridgehead atoms. The lowest BCUT2D eigenvalue weighted by atomic mass is 10.0. The Hall–Kier alpha value is -1.79. The van der Waals surface area contributed by atoms with E-state index in [1.807, 2.05) is 36.9 Å². The van der Waals surface area contributed by atoms with E-state index in [1.165, 1.54) is 0 Å². The summed E-state index contributed by atoms with van der Waals surface area (Å²) in [6.07, 6.45) is 2.65. The van der Waals surface area contributed by atoms with Crippen molar-refractivity contribution in [2.75, 3.05) is 13.2 Å². The molecule has 1 saturated carbocycles. The zero-order chi connectivity index (χ0) is 14.5. The van der Waals surface area contributed by atoms with Crippen molar-refractivity contribution < 1.29 is 9.90 Å². The molecule has 106 valence electrons. The van der Waals surface area contributed by atoms with Crippen molar-refractivity contribution in [2.45, 2.75) is 39.2 Å². The number of aryl methyl sites for hydroxylation is 1. The molecule has 0 atom stereocenters. The van der Waals surface area contributed by atoms with Crippen molar-refractivity contribution >= 4 is 5.91 Å². The van der Waals surface area contributed by atoms with Crippen LogP contribution in [0.1, 0.15) is 47.7 Å². The molecule has 0 aliphatic heterocycles. The molecule has 20 heavy (non-hydrogen) atoms. The van der Waals surface area contributed by atoms with E-state index in [9.17, 15) is 4.79 Å². The van der Waals surface area contributed by atoms with Gasteiger partial charge in [-0.1, -0.05) is 17.9 Å². The number of hydrogen-bond donors (Lipinski definition) is 1. The minimum atomic E-state index is 0.0469. The molecular weight excluding hydrogens is 250 g/mol. The summed E-state index contributed by atoms with van der Waals surface area (Å²) in [5.41, 5.74) is 2.53. The number of rotatable bonds is 4. The number of hydrogen-bond acceptors (Lipinski definition) is 2. The van der Waals surface area contributed by atoms with E-state index in [1.54, 1.807) is 0 Å². The van der Waals surface area contributed by atoms with E-state index >= 15 is 0 Å².